The number of hydrogen-bond acceptors (Lipinski definition) is 3. The number of amides is 1. The molecule has 0 aliphatic heterocycles. The van der Waals surface area contributed by atoms with Gasteiger partial charge in [0.15, 0.2) is 0 Å². The van der Waals surface area contributed by atoms with Crippen LogP contribution in [0.2, 0.25) is 0 Å². The number of halogens is 1. The molecular formula is C17H20FN3O. The van der Waals surface area contributed by atoms with Gasteiger partial charge in [0.25, 0.3) is 0 Å². The molecule has 0 aliphatic rings. The Balaban J connectivity index is 1.54. The summed E-state index contributed by atoms with van der Waals surface area (Å²) in [4.78, 5) is 15.6. The maximum Gasteiger partial charge on any atom is 0.221 e. The van der Waals surface area contributed by atoms with Crippen molar-refractivity contribution in [3.8, 4) is 0 Å². The van der Waals surface area contributed by atoms with Gasteiger partial charge >= 0.3 is 0 Å². The van der Waals surface area contributed by atoms with E-state index in [1.165, 1.54) is 12.1 Å². The second kappa shape index (κ2) is 8.89. The Kier molecular flexibility index (Phi) is 6.51. The zero-order valence-corrected chi connectivity index (χ0v) is 12.4. The van der Waals surface area contributed by atoms with Crippen molar-refractivity contribution in [1.29, 1.82) is 0 Å². The van der Waals surface area contributed by atoms with Crippen LogP contribution in [0.25, 0.3) is 0 Å². The summed E-state index contributed by atoms with van der Waals surface area (Å²) in [6, 6.07) is 10.2. The largest absolute Gasteiger partial charge is 0.352 e. The van der Waals surface area contributed by atoms with Crippen molar-refractivity contribution in [2.75, 3.05) is 13.1 Å². The minimum Gasteiger partial charge on any atom is -0.352 e. The third kappa shape index (κ3) is 6.01. The van der Waals surface area contributed by atoms with Crippen LogP contribution in [-0.2, 0) is 17.8 Å². The summed E-state index contributed by atoms with van der Waals surface area (Å²) in [5.74, 6) is -0.200. The van der Waals surface area contributed by atoms with Crippen LogP contribution >= 0.6 is 0 Å². The van der Waals surface area contributed by atoms with E-state index in [1.807, 2.05) is 12.1 Å². The van der Waals surface area contributed by atoms with Crippen LogP contribution in [0.3, 0.4) is 0 Å². The molecule has 0 aliphatic carbocycles. The fraction of sp³-hybridized carbons (Fsp3) is 0.294. The van der Waals surface area contributed by atoms with Crippen LogP contribution in [-0.4, -0.2) is 24.0 Å². The highest BCUT2D eigenvalue weighted by molar-refractivity contribution is 5.76. The van der Waals surface area contributed by atoms with Gasteiger partial charge in [-0.25, -0.2) is 4.39 Å². The van der Waals surface area contributed by atoms with Gasteiger partial charge in [-0.3, -0.25) is 9.78 Å². The van der Waals surface area contributed by atoms with Gasteiger partial charge < -0.3 is 10.6 Å². The Labute approximate surface area is 129 Å². The summed E-state index contributed by atoms with van der Waals surface area (Å²) in [6.07, 6.45) is 4.67. The van der Waals surface area contributed by atoms with Gasteiger partial charge in [0.05, 0.1) is 0 Å². The van der Waals surface area contributed by atoms with E-state index in [2.05, 4.69) is 15.6 Å². The normalized spacial score (nSPS) is 10.4. The summed E-state index contributed by atoms with van der Waals surface area (Å²) in [6.45, 7) is 1.92. The summed E-state index contributed by atoms with van der Waals surface area (Å²) >= 11 is 0. The van der Waals surface area contributed by atoms with Crippen molar-refractivity contribution in [3.05, 3.63) is 65.7 Å². The van der Waals surface area contributed by atoms with Crippen LogP contribution in [0, 0.1) is 5.82 Å². The van der Waals surface area contributed by atoms with E-state index < -0.39 is 0 Å². The Morgan fingerprint density at radius 1 is 1.00 bits per heavy atom. The number of nitrogens with one attached hydrogen (secondary N) is 2. The van der Waals surface area contributed by atoms with E-state index in [0.29, 0.717) is 19.5 Å². The van der Waals surface area contributed by atoms with Gasteiger partial charge in [-0.15, -0.1) is 0 Å². The average molecular weight is 301 g/mol. The molecule has 0 atom stereocenters. The van der Waals surface area contributed by atoms with Crippen molar-refractivity contribution in [2.24, 2.45) is 0 Å². The number of nitrogens with zero attached hydrogens (tertiary/aromatic N) is 1. The lowest BCUT2D eigenvalue weighted by atomic mass is 10.1. The van der Waals surface area contributed by atoms with Gasteiger partial charge in [0.1, 0.15) is 5.82 Å². The Morgan fingerprint density at radius 3 is 2.45 bits per heavy atom. The molecule has 0 radical (unpaired) electrons. The highest BCUT2D eigenvalue weighted by Crippen LogP contribution is 2.02. The number of rotatable bonds is 8. The average Bonchev–Trinajstić information content (AvgIpc) is 2.55. The van der Waals surface area contributed by atoms with Crippen molar-refractivity contribution < 1.29 is 9.18 Å². The molecule has 0 unspecified atom stereocenters. The van der Waals surface area contributed by atoms with Crippen molar-refractivity contribution in [3.63, 3.8) is 0 Å². The van der Waals surface area contributed by atoms with Gasteiger partial charge in [-0.2, -0.15) is 0 Å². The molecule has 4 nitrogen and oxygen atoms in total. The Bertz CT molecular complexity index is 572. The third-order valence-corrected chi connectivity index (χ3v) is 3.27. The molecule has 2 rings (SSSR count). The quantitative estimate of drug-likeness (QED) is 0.734. The maximum atomic E-state index is 12.8. The molecule has 22 heavy (non-hydrogen) atoms. The molecule has 1 aromatic heterocycles. The van der Waals surface area contributed by atoms with Crippen LogP contribution in [0.1, 0.15) is 17.5 Å². The van der Waals surface area contributed by atoms with Gasteiger partial charge in [0.2, 0.25) is 5.91 Å². The fourth-order valence-electron chi connectivity index (χ4n) is 2.00. The molecule has 0 fully saturated rings. The smallest absolute Gasteiger partial charge is 0.221 e. The van der Waals surface area contributed by atoms with E-state index in [9.17, 15) is 9.18 Å². The number of benzene rings is 1. The van der Waals surface area contributed by atoms with Gasteiger partial charge in [-0.05, 0) is 48.4 Å². The lowest BCUT2D eigenvalue weighted by Gasteiger charge is -2.07. The standard InChI is InChI=1S/C17H20FN3O/c18-16-3-1-14(2-4-16)5-9-20-12-8-17(22)21-13-15-6-10-19-11-7-15/h1-4,6-7,10-11,20H,5,8-9,12-13H2,(H,21,22). The predicted molar refractivity (Wildman–Crippen MR) is 83.7 cm³/mol. The van der Waals surface area contributed by atoms with Crippen molar-refractivity contribution >= 4 is 5.91 Å². The number of pyridine rings is 1. The molecule has 1 amide bonds. The van der Waals surface area contributed by atoms with E-state index in [4.69, 9.17) is 0 Å². The van der Waals surface area contributed by atoms with E-state index in [-0.39, 0.29) is 11.7 Å². The monoisotopic (exact) mass is 301 g/mol. The first-order valence-electron chi connectivity index (χ1n) is 7.35. The topological polar surface area (TPSA) is 54.0 Å². The van der Waals surface area contributed by atoms with E-state index >= 15 is 0 Å². The predicted octanol–water partition coefficient (Wildman–Crippen LogP) is 2.06. The number of aromatic nitrogens is 1. The van der Waals surface area contributed by atoms with Crippen molar-refractivity contribution in [2.45, 2.75) is 19.4 Å². The summed E-state index contributed by atoms with van der Waals surface area (Å²) in [5.41, 5.74) is 2.11. The first-order chi connectivity index (χ1) is 10.7. The lowest BCUT2D eigenvalue weighted by Crippen LogP contribution is -2.28. The first-order valence-corrected chi connectivity index (χ1v) is 7.35. The highest BCUT2D eigenvalue weighted by atomic mass is 19.1. The molecule has 0 spiro atoms. The van der Waals surface area contributed by atoms with Crippen LogP contribution in [0.4, 0.5) is 4.39 Å². The van der Waals surface area contributed by atoms with Crippen LogP contribution < -0.4 is 10.6 Å². The molecule has 0 bridgehead atoms. The van der Waals surface area contributed by atoms with Crippen molar-refractivity contribution in [1.82, 2.24) is 15.6 Å². The zero-order valence-electron chi connectivity index (χ0n) is 12.4. The zero-order chi connectivity index (χ0) is 15.6. The molecule has 1 heterocycles. The first kappa shape index (κ1) is 16.1. The number of carbonyl (C=O) groups is 1. The second-order valence-electron chi connectivity index (χ2n) is 5.01. The van der Waals surface area contributed by atoms with E-state index in [0.717, 1.165) is 24.1 Å². The van der Waals surface area contributed by atoms with Crippen LogP contribution in [0.5, 0.6) is 0 Å². The summed E-state index contributed by atoms with van der Waals surface area (Å²) in [7, 11) is 0. The minimum atomic E-state index is -0.220. The fourth-order valence-corrected chi connectivity index (χ4v) is 2.00. The van der Waals surface area contributed by atoms with Gasteiger partial charge in [-0.1, -0.05) is 12.1 Å². The Morgan fingerprint density at radius 2 is 1.73 bits per heavy atom. The van der Waals surface area contributed by atoms with Gasteiger partial charge in [0, 0.05) is 31.9 Å². The van der Waals surface area contributed by atoms with Crippen LogP contribution in [0.15, 0.2) is 48.8 Å². The number of hydrogen-bond donors (Lipinski definition) is 2. The second-order valence-corrected chi connectivity index (χ2v) is 5.01. The molecule has 0 saturated heterocycles. The molecular weight excluding hydrogens is 281 g/mol. The maximum absolute atomic E-state index is 12.8. The molecule has 1 aromatic carbocycles. The number of carbonyl (C=O) groups excluding carboxylic acids is 1. The molecule has 2 aromatic rings. The highest BCUT2D eigenvalue weighted by Gasteiger charge is 2.01. The SMILES string of the molecule is O=C(CCNCCc1ccc(F)cc1)NCc1ccncc1. The summed E-state index contributed by atoms with van der Waals surface area (Å²) < 4.78 is 12.8. The molecule has 5 heteroatoms. The lowest BCUT2D eigenvalue weighted by molar-refractivity contribution is -0.121. The molecule has 0 saturated carbocycles. The molecule has 2 N–H and O–H groups in total. The van der Waals surface area contributed by atoms with E-state index in [1.54, 1.807) is 24.5 Å². The summed E-state index contributed by atoms with van der Waals surface area (Å²) in [5, 5.41) is 6.08. The Hall–Kier alpha value is -2.27. The molecule has 116 valence electrons. The minimum absolute atomic E-state index is 0.0195. The third-order valence-electron chi connectivity index (χ3n) is 3.27.